The van der Waals surface area contributed by atoms with Crippen LogP contribution in [0, 0.1) is 0 Å². The number of alkyl halides is 1. The molecule has 0 rings (SSSR count). The molecule has 0 aliphatic heterocycles. The fourth-order valence-corrected chi connectivity index (χ4v) is 0.553. The highest BCUT2D eigenvalue weighted by atomic mass is 19.1. The molecule has 4 nitrogen and oxygen atoms in total. The van der Waals surface area contributed by atoms with Gasteiger partial charge < -0.3 is 9.47 Å². The second kappa shape index (κ2) is 4.20. The highest BCUT2D eigenvalue weighted by Gasteiger charge is 2.31. The molecule has 5 heteroatoms. The minimum atomic E-state index is -2.36. The predicted octanol–water partition coefficient (Wildman–Crippen LogP) is 0.839. The molecule has 13 heavy (non-hydrogen) atoms. The Kier molecular flexibility index (Phi) is 3.84. The number of hydrogen-bond donors (Lipinski definition) is 0. The van der Waals surface area contributed by atoms with Gasteiger partial charge >= 0.3 is 11.9 Å². The van der Waals surface area contributed by atoms with Crippen LogP contribution < -0.4 is 0 Å². The van der Waals surface area contributed by atoms with Crippen molar-refractivity contribution in [3.8, 4) is 0 Å². The van der Waals surface area contributed by atoms with Gasteiger partial charge in [-0.05, 0) is 20.8 Å². The molecule has 0 fully saturated rings. The van der Waals surface area contributed by atoms with Crippen LogP contribution >= 0.6 is 0 Å². The first-order valence-corrected chi connectivity index (χ1v) is 3.72. The Labute approximate surface area is 76.0 Å². The Morgan fingerprint density at radius 3 is 2.00 bits per heavy atom. The summed E-state index contributed by atoms with van der Waals surface area (Å²) < 4.78 is 21.4. The SMILES string of the molecule is COC(=O)[C@@H](F)C(=O)OC(C)(C)C. The van der Waals surface area contributed by atoms with Crippen LogP contribution in [0.25, 0.3) is 0 Å². The van der Waals surface area contributed by atoms with Crippen molar-refractivity contribution in [2.45, 2.75) is 32.5 Å². The van der Waals surface area contributed by atoms with Gasteiger partial charge in [-0.15, -0.1) is 0 Å². The molecule has 0 saturated carbocycles. The molecule has 76 valence electrons. The first-order valence-electron chi connectivity index (χ1n) is 3.72. The van der Waals surface area contributed by atoms with Crippen molar-refractivity contribution in [1.29, 1.82) is 0 Å². The third-order valence-corrected chi connectivity index (χ3v) is 1.02. The van der Waals surface area contributed by atoms with Gasteiger partial charge in [-0.3, -0.25) is 0 Å². The minimum Gasteiger partial charge on any atom is -0.466 e. The molecule has 0 heterocycles. The summed E-state index contributed by atoms with van der Waals surface area (Å²) in [5.41, 5.74) is -0.810. The molecule has 0 unspecified atom stereocenters. The maximum Gasteiger partial charge on any atom is 0.353 e. The van der Waals surface area contributed by atoms with Crippen molar-refractivity contribution in [1.82, 2.24) is 0 Å². The van der Waals surface area contributed by atoms with E-state index in [0.29, 0.717) is 0 Å². The van der Waals surface area contributed by atoms with Gasteiger partial charge in [0, 0.05) is 0 Å². The number of esters is 2. The lowest BCUT2D eigenvalue weighted by Gasteiger charge is -2.19. The molecular weight excluding hydrogens is 179 g/mol. The molecule has 0 bridgehead atoms. The Balaban J connectivity index is 4.20. The van der Waals surface area contributed by atoms with Crippen molar-refractivity contribution in [3.05, 3.63) is 0 Å². The standard InChI is InChI=1S/C8H13FO4/c1-8(2,3)13-7(11)5(9)6(10)12-4/h5H,1-4H3/t5-/m1/s1. The molecule has 0 radical (unpaired) electrons. The van der Waals surface area contributed by atoms with Gasteiger partial charge in [-0.1, -0.05) is 0 Å². The Hall–Kier alpha value is -1.13. The lowest BCUT2D eigenvalue weighted by molar-refractivity contribution is -0.169. The van der Waals surface area contributed by atoms with Gasteiger partial charge in [0.05, 0.1) is 7.11 Å². The average molecular weight is 192 g/mol. The van der Waals surface area contributed by atoms with Crippen LogP contribution in [0.3, 0.4) is 0 Å². The third kappa shape index (κ3) is 4.45. The van der Waals surface area contributed by atoms with Crippen molar-refractivity contribution < 1.29 is 23.5 Å². The predicted molar refractivity (Wildman–Crippen MR) is 42.8 cm³/mol. The van der Waals surface area contributed by atoms with Crippen LogP contribution in [-0.4, -0.2) is 30.8 Å². The van der Waals surface area contributed by atoms with Gasteiger partial charge in [0.25, 0.3) is 6.17 Å². The summed E-state index contributed by atoms with van der Waals surface area (Å²) in [4.78, 5) is 21.4. The van der Waals surface area contributed by atoms with Gasteiger partial charge in [-0.25, -0.2) is 14.0 Å². The number of hydrogen-bond acceptors (Lipinski definition) is 4. The fourth-order valence-electron chi connectivity index (χ4n) is 0.553. The number of carbonyl (C=O) groups excluding carboxylic acids is 2. The molecule has 0 amide bonds. The largest absolute Gasteiger partial charge is 0.466 e. The van der Waals surface area contributed by atoms with Gasteiger partial charge in [0.2, 0.25) is 0 Å². The second-order valence-corrected chi connectivity index (χ2v) is 3.42. The Bertz CT molecular complexity index is 207. The first kappa shape index (κ1) is 11.9. The quantitative estimate of drug-likeness (QED) is 0.480. The summed E-state index contributed by atoms with van der Waals surface area (Å²) in [6.45, 7) is 4.73. The van der Waals surface area contributed by atoms with E-state index in [1.165, 1.54) is 0 Å². The summed E-state index contributed by atoms with van der Waals surface area (Å²) >= 11 is 0. The summed E-state index contributed by atoms with van der Waals surface area (Å²) in [7, 11) is 0.999. The summed E-state index contributed by atoms with van der Waals surface area (Å²) in [6, 6.07) is 0. The van der Waals surface area contributed by atoms with E-state index >= 15 is 0 Å². The second-order valence-electron chi connectivity index (χ2n) is 3.42. The monoisotopic (exact) mass is 192 g/mol. The Morgan fingerprint density at radius 1 is 1.23 bits per heavy atom. The topological polar surface area (TPSA) is 52.6 Å². The van der Waals surface area contributed by atoms with Crippen molar-refractivity contribution >= 4 is 11.9 Å². The van der Waals surface area contributed by atoms with E-state index in [4.69, 9.17) is 0 Å². The zero-order valence-corrected chi connectivity index (χ0v) is 8.09. The lowest BCUT2D eigenvalue weighted by atomic mass is 10.2. The normalized spacial score (nSPS) is 13.3. The van der Waals surface area contributed by atoms with Crippen LogP contribution in [0.15, 0.2) is 0 Å². The molecular formula is C8H13FO4. The van der Waals surface area contributed by atoms with Crippen LogP contribution in [0.5, 0.6) is 0 Å². The third-order valence-electron chi connectivity index (χ3n) is 1.02. The van der Waals surface area contributed by atoms with E-state index in [0.717, 1.165) is 7.11 Å². The zero-order valence-electron chi connectivity index (χ0n) is 8.09. The minimum absolute atomic E-state index is 0.810. The summed E-state index contributed by atoms with van der Waals surface area (Å²) in [5, 5.41) is 0. The van der Waals surface area contributed by atoms with E-state index in [9.17, 15) is 14.0 Å². The van der Waals surface area contributed by atoms with Gasteiger partial charge in [0.1, 0.15) is 5.60 Å². The molecule has 0 aliphatic rings. The maximum absolute atomic E-state index is 12.8. The van der Waals surface area contributed by atoms with E-state index in [1.807, 2.05) is 0 Å². The molecule has 1 atom stereocenters. The van der Waals surface area contributed by atoms with Crippen molar-refractivity contribution in [2.24, 2.45) is 0 Å². The van der Waals surface area contributed by atoms with Crippen LogP contribution in [0.4, 0.5) is 4.39 Å². The summed E-state index contributed by atoms with van der Waals surface area (Å²) in [5.74, 6) is -2.46. The first-order chi connectivity index (χ1) is 5.78. The van der Waals surface area contributed by atoms with E-state index in [-0.39, 0.29) is 0 Å². The molecule has 0 aliphatic carbocycles. The van der Waals surface area contributed by atoms with E-state index in [1.54, 1.807) is 20.8 Å². The van der Waals surface area contributed by atoms with Gasteiger partial charge in [0.15, 0.2) is 0 Å². The van der Waals surface area contributed by atoms with Crippen molar-refractivity contribution in [3.63, 3.8) is 0 Å². The molecule has 0 spiro atoms. The van der Waals surface area contributed by atoms with E-state index < -0.39 is 23.7 Å². The summed E-state index contributed by atoms with van der Waals surface area (Å²) in [6.07, 6.45) is -2.36. The molecule has 0 aromatic rings. The van der Waals surface area contributed by atoms with Crippen LogP contribution in [0.2, 0.25) is 0 Å². The number of methoxy groups -OCH3 is 1. The Morgan fingerprint density at radius 2 is 1.69 bits per heavy atom. The number of halogens is 1. The zero-order chi connectivity index (χ0) is 10.6. The number of ether oxygens (including phenoxy) is 2. The van der Waals surface area contributed by atoms with E-state index in [2.05, 4.69) is 9.47 Å². The van der Waals surface area contributed by atoms with Crippen molar-refractivity contribution in [2.75, 3.05) is 7.11 Å². The number of carbonyl (C=O) groups is 2. The smallest absolute Gasteiger partial charge is 0.353 e. The van der Waals surface area contributed by atoms with Gasteiger partial charge in [-0.2, -0.15) is 0 Å². The molecule has 0 N–H and O–H groups in total. The number of rotatable bonds is 2. The maximum atomic E-state index is 12.8. The van der Waals surface area contributed by atoms with Crippen LogP contribution in [-0.2, 0) is 19.1 Å². The lowest BCUT2D eigenvalue weighted by Crippen LogP contribution is -2.34. The fraction of sp³-hybridized carbons (Fsp3) is 0.750. The molecule has 0 aromatic heterocycles. The average Bonchev–Trinajstić information content (AvgIpc) is 1.98. The highest BCUT2D eigenvalue weighted by Crippen LogP contribution is 2.10. The highest BCUT2D eigenvalue weighted by molar-refractivity contribution is 5.97. The molecule has 0 saturated heterocycles. The molecule has 0 aromatic carbocycles. The van der Waals surface area contributed by atoms with Crippen LogP contribution in [0.1, 0.15) is 20.8 Å².